The van der Waals surface area contributed by atoms with E-state index in [1.807, 2.05) is 19.1 Å². The van der Waals surface area contributed by atoms with Gasteiger partial charge in [0.1, 0.15) is 0 Å². The van der Waals surface area contributed by atoms with Crippen LogP contribution in [0.5, 0.6) is 0 Å². The van der Waals surface area contributed by atoms with Crippen molar-refractivity contribution in [3.8, 4) is 0 Å². The van der Waals surface area contributed by atoms with Crippen LogP contribution in [0, 0.1) is 11.3 Å². The molecule has 2 unspecified atom stereocenters. The van der Waals surface area contributed by atoms with Crippen LogP contribution in [-0.4, -0.2) is 36.9 Å². The van der Waals surface area contributed by atoms with E-state index in [1.165, 1.54) is 7.05 Å². The predicted octanol–water partition coefficient (Wildman–Crippen LogP) is 4.25. The third-order valence-electron chi connectivity index (χ3n) is 4.43. The summed E-state index contributed by atoms with van der Waals surface area (Å²) >= 11 is 0. The molecule has 2 atom stereocenters. The van der Waals surface area contributed by atoms with Crippen LogP contribution >= 0.6 is 0 Å². The van der Waals surface area contributed by atoms with Crippen molar-refractivity contribution in [3.05, 3.63) is 29.8 Å². The number of halogens is 3. The van der Waals surface area contributed by atoms with Crippen molar-refractivity contribution in [3.63, 3.8) is 0 Å². The molecule has 1 amide bonds. The van der Waals surface area contributed by atoms with Crippen LogP contribution in [0.2, 0.25) is 0 Å². The maximum Gasteiger partial charge on any atom is 0.410 e. The number of amides is 1. The highest BCUT2D eigenvalue weighted by molar-refractivity contribution is 6.07. The van der Waals surface area contributed by atoms with Crippen LogP contribution in [0.3, 0.4) is 0 Å². The lowest BCUT2D eigenvalue weighted by atomic mass is 9.87. The zero-order chi connectivity index (χ0) is 18.8. The Morgan fingerprint density at radius 1 is 1.32 bits per heavy atom. The first-order valence-electron chi connectivity index (χ1n) is 8.30. The van der Waals surface area contributed by atoms with Crippen LogP contribution in [0.1, 0.15) is 38.7 Å². The van der Waals surface area contributed by atoms with Gasteiger partial charge < -0.3 is 5.32 Å². The molecule has 4 nitrogen and oxygen atoms in total. The fraction of sp³-hybridized carbons (Fsp3) is 0.556. The summed E-state index contributed by atoms with van der Waals surface area (Å²) in [6.45, 7) is 5.66. The van der Waals surface area contributed by atoms with E-state index >= 15 is 0 Å². The molecule has 1 aromatic carbocycles. The van der Waals surface area contributed by atoms with Gasteiger partial charge in [0, 0.05) is 12.7 Å². The third kappa shape index (κ3) is 3.96. The van der Waals surface area contributed by atoms with E-state index in [-0.39, 0.29) is 5.92 Å². The topological polar surface area (TPSA) is 44.7 Å². The fourth-order valence-electron chi connectivity index (χ4n) is 3.17. The van der Waals surface area contributed by atoms with E-state index in [2.05, 4.69) is 24.3 Å². The highest BCUT2D eigenvalue weighted by atomic mass is 19.4. The average Bonchev–Trinajstić information content (AvgIpc) is 2.90. The second kappa shape index (κ2) is 7.06. The second-order valence-corrected chi connectivity index (χ2v) is 7.10. The average molecular weight is 355 g/mol. The number of alkyl halides is 3. The van der Waals surface area contributed by atoms with E-state index in [4.69, 9.17) is 0 Å². The van der Waals surface area contributed by atoms with Crippen molar-refractivity contribution in [2.45, 2.75) is 39.3 Å². The molecule has 1 heterocycles. The van der Waals surface area contributed by atoms with Gasteiger partial charge in [0.2, 0.25) is 5.91 Å². The summed E-state index contributed by atoms with van der Waals surface area (Å²) in [5.41, 5.74) is -1.37. The Morgan fingerprint density at radius 3 is 2.48 bits per heavy atom. The van der Waals surface area contributed by atoms with Crippen molar-refractivity contribution < 1.29 is 18.0 Å². The smallest absolute Gasteiger partial charge is 0.325 e. The van der Waals surface area contributed by atoms with Crippen molar-refractivity contribution in [2.75, 3.05) is 18.9 Å². The minimum Gasteiger partial charge on any atom is -0.325 e. The van der Waals surface area contributed by atoms with Crippen LogP contribution in [0.15, 0.2) is 29.4 Å². The molecule has 0 saturated carbocycles. The zero-order valence-electron chi connectivity index (χ0n) is 14.9. The number of benzene rings is 1. The summed E-state index contributed by atoms with van der Waals surface area (Å²) in [5.74, 6) is -0.536. The number of carbonyl (C=O) groups excluding carboxylic acids is 1. The van der Waals surface area contributed by atoms with Gasteiger partial charge >= 0.3 is 6.18 Å². The largest absolute Gasteiger partial charge is 0.410 e. The Morgan fingerprint density at radius 2 is 1.96 bits per heavy atom. The van der Waals surface area contributed by atoms with E-state index in [9.17, 15) is 18.0 Å². The Labute approximate surface area is 146 Å². The third-order valence-corrected chi connectivity index (χ3v) is 4.43. The van der Waals surface area contributed by atoms with Gasteiger partial charge in [-0.05, 0) is 29.9 Å². The number of hydrogen-bond acceptors (Lipinski definition) is 3. The van der Waals surface area contributed by atoms with Crippen LogP contribution in [0.25, 0.3) is 0 Å². The van der Waals surface area contributed by atoms with Crippen LogP contribution in [-0.2, 0) is 4.79 Å². The monoisotopic (exact) mass is 355 g/mol. The molecule has 25 heavy (non-hydrogen) atoms. The predicted molar refractivity (Wildman–Crippen MR) is 92.6 cm³/mol. The van der Waals surface area contributed by atoms with E-state index in [1.54, 1.807) is 12.1 Å². The summed E-state index contributed by atoms with van der Waals surface area (Å²) < 4.78 is 40.8. The molecule has 2 rings (SSSR count). The Bertz CT molecular complexity index is 657. The van der Waals surface area contributed by atoms with Gasteiger partial charge in [0.05, 0.1) is 12.8 Å². The van der Waals surface area contributed by atoms with Gasteiger partial charge in [-0.3, -0.25) is 9.80 Å². The number of anilines is 1. The maximum absolute atomic E-state index is 13.6. The minimum atomic E-state index is -4.72. The highest BCUT2D eigenvalue weighted by Crippen LogP contribution is 2.41. The normalized spacial score (nSPS) is 21.7. The number of nitrogens with zero attached hydrogens (tertiary/aromatic N) is 2. The number of hydrazone groups is 1. The Hall–Kier alpha value is -2.05. The summed E-state index contributed by atoms with van der Waals surface area (Å²) in [5, 5.41) is 7.27. The number of rotatable bonds is 5. The van der Waals surface area contributed by atoms with Crippen LogP contribution in [0.4, 0.5) is 18.9 Å². The van der Waals surface area contributed by atoms with Crippen molar-refractivity contribution in [1.29, 1.82) is 0 Å². The summed E-state index contributed by atoms with van der Waals surface area (Å²) in [7, 11) is 1.41. The minimum absolute atomic E-state index is 0.123. The van der Waals surface area contributed by atoms with Crippen molar-refractivity contribution in [1.82, 2.24) is 5.01 Å². The molecule has 1 aromatic rings. The summed E-state index contributed by atoms with van der Waals surface area (Å²) in [4.78, 5) is 12.6. The highest BCUT2D eigenvalue weighted by Gasteiger charge is 2.62. The summed E-state index contributed by atoms with van der Waals surface area (Å²) in [6.07, 6.45) is -3.15. The van der Waals surface area contributed by atoms with Gasteiger partial charge in [0.25, 0.3) is 0 Å². The molecule has 0 aromatic heterocycles. The SMILES string of the molecule is CC(C)CC(C)c1ccccc1NC(=O)C1(C(F)(F)F)C=NN(C)C1. The maximum atomic E-state index is 13.6. The zero-order valence-corrected chi connectivity index (χ0v) is 14.9. The fourth-order valence-corrected chi connectivity index (χ4v) is 3.17. The summed E-state index contributed by atoms with van der Waals surface area (Å²) in [6, 6.07) is 7.02. The molecule has 0 spiro atoms. The Balaban J connectivity index is 2.30. The molecule has 0 saturated heterocycles. The molecule has 1 N–H and O–H groups in total. The van der Waals surface area contributed by atoms with E-state index in [0.717, 1.165) is 17.0 Å². The lowest BCUT2D eigenvalue weighted by molar-refractivity contribution is -0.196. The lowest BCUT2D eigenvalue weighted by Crippen LogP contribution is -2.51. The first kappa shape index (κ1) is 19.3. The van der Waals surface area contributed by atoms with Gasteiger partial charge in [-0.2, -0.15) is 18.3 Å². The van der Waals surface area contributed by atoms with Gasteiger partial charge in [-0.25, -0.2) is 0 Å². The molecule has 1 aliphatic rings. The number of nitrogens with one attached hydrogen (secondary N) is 1. The molecule has 0 bridgehead atoms. The molecule has 0 fully saturated rings. The van der Waals surface area contributed by atoms with Gasteiger partial charge in [-0.15, -0.1) is 0 Å². The van der Waals surface area contributed by atoms with Crippen molar-refractivity contribution in [2.24, 2.45) is 16.4 Å². The van der Waals surface area contributed by atoms with Crippen LogP contribution < -0.4 is 5.32 Å². The first-order valence-corrected chi connectivity index (χ1v) is 8.30. The lowest BCUT2D eigenvalue weighted by Gasteiger charge is -2.29. The van der Waals surface area contributed by atoms with E-state index in [0.29, 0.717) is 17.8 Å². The molecule has 7 heteroatoms. The van der Waals surface area contributed by atoms with E-state index < -0.39 is 24.0 Å². The molecule has 1 aliphatic heterocycles. The molecule has 0 radical (unpaired) electrons. The molecule has 0 aliphatic carbocycles. The number of para-hydroxylation sites is 1. The van der Waals surface area contributed by atoms with Gasteiger partial charge in [-0.1, -0.05) is 39.0 Å². The first-order chi connectivity index (χ1) is 11.6. The Kier molecular flexibility index (Phi) is 5.44. The van der Waals surface area contributed by atoms with Crippen molar-refractivity contribution >= 4 is 17.8 Å². The molecule has 138 valence electrons. The quantitative estimate of drug-likeness (QED) is 0.858. The van der Waals surface area contributed by atoms with Gasteiger partial charge in [0.15, 0.2) is 5.41 Å². The molecular weight excluding hydrogens is 331 g/mol. The standard InChI is InChI=1S/C18H24F3N3O/c1-12(2)9-13(3)14-7-5-6-8-15(14)23-16(25)17(18(19,20)21)10-22-24(4)11-17/h5-8,10,12-13H,9,11H2,1-4H3,(H,23,25). The number of carbonyl (C=O) groups is 1. The second-order valence-electron chi connectivity index (χ2n) is 7.10. The molecular formula is C18H24F3N3O. The number of hydrogen-bond donors (Lipinski definition) is 1.